The van der Waals surface area contributed by atoms with Crippen LogP contribution in [0.3, 0.4) is 0 Å². The van der Waals surface area contributed by atoms with Crippen LogP contribution in [0.5, 0.6) is 10.8 Å². The standard InChI is InChI=1S/C33H26N3OS2.Pt/c1-33(2,3)22-10-12-34-29(16-22)26-18-27-25(9-8-21-11-15-38-31(21)27)32-28(26)19-30(39-32)37-24-7-5-6-23(17-24)36-14-13-35(4)20-36;/h5-16,18,20H,1-4H3;/q-3;. The molecule has 1 aliphatic heterocycles. The van der Waals surface area contributed by atoms with Crippen molar-refractivity contribution in [2.75, 3.05) is 11.9 Å². The van der Waals surface area contributed by atoms with E-state index in [1.165, 1.54) is 26.4 Å². The van der Waals surface area contributed by atoms with E-state index in [0.717, 1.165) is 27.0 Å². The Balaban J connectivity index is 0.00000289. The Morgan fingerprint density at radius 1 is 0.950 bits per heavy atom. The molecule has 0 unspecified atom stereocenters. The van der Waals surface area contributed by atoms with Crippen molar-refractivity contribution in [3.05, 3.63) is 103 Å². The number of fused-ring (bicyclic) bond motifs is 5. The summed E-state index contributed by atoms with van der Waals surface area (Å²) in [7, 11) is 2.00. The summed E-state index contributed by atoms with van der Waals surface area (Å²) in [5.41, 5.74) is 4.24. The van der Waals surface area contributed by atoms with Gasteiger partial charge in [-0.2, -0.15) is 29.5 Å². The predicted molar refractivity (Wildman–Crippen MR) is 165 cm³/mol. The van der Waals surface area contributed by atoms with Crippen molar-refractivity contribution in [1.82, 2.24) is 9.88 Å². The zero-order valence-corrected chi connectivity index (χ0v) is 26.4. The van der Waals surface area contributed by atoms with Crippen molar-refractivity contribution >= 4 is 59.3 Å². The first-order valence-corrected chi connectivity index (χ1v) is 14.5. The molecule has 1 aliphatic rings. The number of rotatable bonds is 4. The molecule has 0 N–H and O–H groups in total. The van der Waals surface area contributed by atoms with Crippen molar-refractivity contribution in [2.45, 2.75) is 26.2 Å². The fourth-order valence-electron chi connectivity index (χ4n) is 4.95. The van der Waals surface area contributed by atoms with E-state index >= 15 is 0 Å². The Kier molecular flexibility index (Phi) is 6.98. The van der Waals surface area contributed by atoms with Gasteiger partial charge in [0.2, 0.25) is 0 Å². The SMILES string of the molecule is CN1C=CN(c2[c-]c(Oc3[c-]c4c(-c5cc(C(C)(C)C)ccn5)cc5c(ccc6ccsc65)c4s3)ccc2)[CH-]1.[Pt]. The average molecular weight is 740 g/mol. The molecule has 0 saturated heterocycles. The number of anilines is 1. The maximum Gasteiger partial charge on any atom is 0.107 e. The summed E-state index contributed by atoms with van der Waals surface area (Å²) < 4.78 is 8.84. The Hall–Kier alpha value is -3.18. The molecule has 204 valence electrons. The van der Waals surface area contributed by atoms with E-state index in [4.69, 9.17) is 9.72 Å². The summed E-state index contributed by atoms with van der Waals surface area (Å²) in [5, 5.41) is 7.62. The fourth-order valence-corrected chi connectivity index (χ4v) is 6.89. The van der Waals surface area contributed by atoms with Crippen LogP contribution in [0.2, 0.25) is 0 Å². The van der Waals surface area contributed by atoms with Crippen LogP contribution in [-0.2, 0) is 26.5 Å². The molecule has 7 rings (SSSR count). The van der Waals surface area contributed by atoms with Gasteiger partial charge in [-0.3, -0.25) is 4.98 Å². The second-order valence-electron chi connectivity index (χ2n) is 10.8. The summed E-state index contributed by atoms with van der Waals surface area (Å²) >= 11 is 3.41. The van der Waals surface area contributed by atoms with Gasteiger partial charge in [-0.05, 0) is 64.8 Å². The van der Waals surface area contributed by atoms with Gasteiger partial charge in [0.15, 0.2) is 0 Å². The molecule has 0 aliphatic carbocycles. The van der Waals surface area contributed by atoms with E-state index in [1.54, 1.807) is 22.7 Å². The smallest absolute Gasteiger partial charge is 0.107 e. The molecule has 0 saturated carbocycles. The Bertz CT molecular complexity index is 1900. The zero-order valence-electron chi connectivity index (χ0n) is 22.5. The normalized spacial score (nSPS) is 13.5. The fraction of sp³-hybridized carbons (Fsp3) is 0.152. The molecule has 0 spiro atoms. The van der Waals surface area contributed by atoms with Crippen LogP contribution in [0.25, 0.3) is 42.2 Å². The maximum absolute atomic E-state index is 6.39. The molecular weight excluding hydrogens is 714 g/mol. The second-order valence-corrected chi connectivity index (χ2v) is 12.7. The average Bonchev–Trinajstić information content (AvgIpc) is 3.67. The third kappa shape index (κ3) is 4.83. The summed E-state index contributed by atoms with van der Waals surface area (Å²) in [6, 6.07) is 26.2. The molecule has 3 aromatic heterocycles. The van der Waals surface area contributed by atoms with E-state index in [9.17, 15) is 0 Å². The number of nitrogens with zero attached hydrogens (tertiary/aromatic N) is 3. The first-order valence-electron chi connectivity index (χ1n) is 12.8. The van der Waals surface area contributed by atoms with Gasteiger partial charge in [-0.25, -0.2) is 0 Å². The molecule has 0 bridgehead atoms. The summed E-state index contributed by atoms with van der Waals surface area (Å²) in [4.78, 5) is 8.85. The van der Waals surface area contributed by atoms with E-state index in [0.29, 0.717) is 10.8 Å². The monoisotopic (exact) mass is 739 g/mol. The summed E-state index contributed by atoms with van der Waals surface area (Å²) in [6.07, 6.45) is 5.92. The first-order chi connectivity index (χ1) is 18.8. The van der Waals surface area contributed by atoms with Gasteiger partial charge in [0.1, 0.15) is 5.06 Å². The molecular formula is C33H26N3OPtS2-3. The Morgan fingerprint density at radius 2 is 1.82 bits per heavy atom. The number of thiophene rings is 2. The van der Waals surface area contributed by atoms with E-state index in [2.05, 4.69) is 74.7 Å². The maximum atomic E-state index is 6.39. The third-order valence-corrected chi connectivity index (χ3v) is 8.98. The molecule has 0 amide bonds. The number of benzene rings is 3. The van der Waals surface area contributed by atoms with Gasteiger partial charge >= 0.3 is 0 Å². The van der Waals surface area contributed by atoms with Crippen LogP contribution in [0.4, 0.5) is 5.69 Å². The number of hydrogen-bond donors (Lipinski definition) is 0. The first kappa shape index (κ1) is 27.0. The molecule has 40 heavy (non-hydrogen) atoms. The molecule has 0 radical (unpaired) electrons. The van der Waals surface area contributed by atoms with E-state index in [-0.39, 0.29) is 26.5 Å². The van der Waals surface area contributed by atoms with E-state index < -0.39 is 0 Å². The summed E-state index contributed by atoms with van der Waals surface area (Å²) in [5.74, 6) is 0.658. The molecule has 7 heteroatoms. The predicted octanol–water partition coefficient (Wildman–Crippen LogP) is 9.36. The van der Waals surface area contributed by atoms with Crippen LogP contribution in [0.15, 0.2) is 78.6 Å². The van der Waals surface area contributed by atoms with Crippen LogP contribution >= 0.6 is 22.7 Å². The Morgan fingerprint density at radius 3 is 2.62 bits per heavy atom. The quantitative estimate of drug-likeness (QED) is 0.169. The van der Waals surface area contributed by atoms with Crippen LogP contribution in [0, 0.1) is 18.8 Å². The minimum absolute atomic E-state index is 0. The zero-order chi connectivity index (χ0) is 26.7. The molecule has 6 aromatic rings. The van der Waals surface area contributed by atoms with Crippen LogP contribution in [0.1, 0.15) is 26.3 Å². The minimum Gasteiger partial charge on any atom is -0.510 e. The largest absolute Gasteiger partial charge is 0.510 e. The topological polar surface area (TPSA) is 28.6 Å². The van der Waals surface area contributed by atoms with Crippen molar-refractivity contribution in [3.63, 3.8) is 0 Å². The second kappa shape index (κ2) is 10.3. The molecule has 0 atom stereocenters. The van der Waals surface area contributed by atoms with Crippen molar-refractivity contribution in [2.24, 2.45) is 0 Å². The van der Waals surface area contributed by atoms with Crippen LogP contribution in [-0.4, -0.2) is 16.9 Å². The van der Waals surface area contributed by atoms with Crippen LogP contribution < -0.4 is 9.64 Å². The molecule has 3 aromatic carbocycles. The number of aromatic nitrogens is 1. The molecule has 4 heterocycles. The van der Waals surface area contributed by atoms with Gasteiger partial charge in [0, 0.05) is 43.4 Å². The van der Waals surface area contributed by atoms with Crippen molar-refractivity contribution in [3.8, 4) is 22.1 Å². The number of hydrogen-bond acceptors (Lipinski definition) is 6. The molecule has 0 fully saturated rings. The van der Waals surface area contributed by atoms with Crippen molar-refractivity contribution < 1.29 is 25.8 Å². The van der Waals surface area contributed by atoms with Gasteiger partial charge in [-0.1, -0.05) is 48.6 Å². The van der Waals surface area contributed by atoms with Crippen molar-refractivity contribution in [1.29, 1.82) is 0 Å². The third-order valence-electron chi connectivity index (χ3n) is 7.02. The van der Waals surface area contributed by atoms with E-state index in [1.807, 2.05) is 60.3 Å². The van der Waals surface area contributed by atoms with Gasteiger partial charge in [0.25, 0.3) is 0 Å². The Labute approximate surface area is 256 Å². The molecule has 4 nitrogen and oxygen atoms in total. The number of ether oxygens (including phenoxy) is 1. The summed E-state index contributed by atoms with van der Waals surface area (Å²) in [6.45, 7) is 8.71. The number of pyridine rings is 1. The van der Waals surface area contributed by atoms with Gasteiger partial charge in [-0.15, -0.1) is 47.4 Å². The van der Waals surface area contributed by atoms with Gasteiger partial charge in [0.05, 0.1) is 0 Å². The minimum atomic E-state index is 0. The van der Waals surface area contributed by atoms with Gasteiger partial charge < -0.3 is 14.5 Å².